The standard InChI is InChI=1S/C23H28BrN3O4/c1-15-11-16(24)6-9-19(15)26-22(28)13-25-23(29)14-27-10-4-5-20(27)18-8-7-17(30-2)12-21(18)31-3/h6-9,11-12,20H,4-5,10,13-14H2,1-3H3,(H,25,29)(H,26,28). The van der Waals surface area contributed by atoms with E-state index in [1.54, 1.807) is 14.2 Å². The largest absolute Gasteiger partial charge is 0.497 e. The Hall–Kier alpha value is -2.58. The molecular formula is C23H28BrN3O4. The Labute approximate surface area is 191 Å². The molecule has 0 aliphatic carbocycles. The Kier molecular flexibility index (Phi) is 7.92. The molecule has 2 aromatic carbocycles. The average Bonchev–Trinajstić information content (AvgIpc) is 3.21. The van der Waals surface area contributed by atoms with Gasteiger partial charge in [-0.2, -0.15) is 0 Å². The van der Waals surface area contributed by atoms with Gasteiger partial charge >= 0.3 is 0 Å². The number of aryl methyl sites for hydroxylation is 1. The fraction of sp³-hybridized carbons (Fsp3) is 0.391. The predicted molar refractivity (Wildman–Crippen MR) is 124 cm³/mol. The Morgan fingerprint density at radius 2 is 1.94 bits per heavy atom. The van der Waals surface area contributed by atoms with Crippen molar-refractivity contribution in [2.45, 2.75) is 25.8 Å². The van der Waals surface area contributed by atoms with E-state index in [9.17, 15) is 9.59 Å². The lowest BCUT2D eigenvalue weighted by Crippen LogP contribution is -2.40. The van der Waals surface area contributed by atoms with Gasteiger partial charge in [0.05, 0.1) is 27.3 Å². The van der Waals surface area contributed by atoms with Crippen LogP contribution in [0, 0.1) is 6.92 Å². The lowest BCUT2D eigenvalue weighted by atomic mass is 10.0. The molecule has 1 fully saturated rings. The molecule has 0 saturated carbocycles. The number of nitrogens with one attached hydrogen (secondary N) is 2. The summed E-state index contributed by atoms with van der Waals surface area (Å²) in [6.07, 6.45) is 1.94. The van der Waals surface area contributed by atoms with Gasteiger partial charge in [-0.15, -0.1) is 0 Å². The van der Waals surface area contributed by atoms with Crippen molar-refractivity contribution in [2.75, 3.05) is 39.2 Å². The molecule has 166 valence electrons. The number of anilines is 1. The molecule has 0 bridgehead atoms. The summed E-state index contributed by atoms with van der Waals surface area (Å²) in [5, 5.41) is 5.56. The van der Waals surface area contributed by atoms with Gasteiger partial charge in [0.2, 0.25) is 11.8 Å². The minimum Gasteiger partial charge on any atom is -0.497 e. The van der Waals surface area contributed by atoms with Gasteiger partial charge in [0, 0.05) is 27.8 Å². The molecule has 3 rings (SSSR count). The van der Waals surface area contributed by atoms with Gasteiger partial charge in [-0.1, -0.05) is 22.0 Å². The first-order valence-corrected chi connectivity index (χ1v) is 11.0. The molecular weight excluding hydrogens is 462 g/mol. The zero-order valence-electron chi connectivity index (χ0n) is 18.0. The van der Waals surface area contributed by atoms with Crippen LogP contribution in [0.1, 0.15) is 30.0 Å². The van der Waals surface area contributed by atoms with Gasteiger partial charge in [0.15, 0.2) is 0 Å². The molecule has 0 spiro atoms. The van der Waals surface area contributed by atoms with E-state index >= 15 is 0 Å². The number of methoxy groups -OCH3 is 2. The molecule has 1 atom stereocenters. The Morgan fingerprint density at radius 3 is 2.65 bits per heavy atom. The van der Waals surface area contributed by atoms with E-state index in [2.05, 4.69) is 31.5 Å². The second-order valence-corrected chi connectivity index (χ2v) is 8.44. The van der Waals surface area contributed by atoms with Crippen molar-refractivity contribution in [3.63, 3.8) is 0 Å². The van der Waals surface area contributed by atoms with Gasteiger partial charge in [-0.05, 0) is 56.1 Å². The maximum Gasteiger partial charge on any atom is 0.243 e. The highest BCUT2D eigenvalue weighted by atomic mass is 79.9. The summed E-state index contributed by atoms with van der Waals surface area (Å²) < 4.78 is 11.8. The third kappa shape index (κ3) is 5.98. The number of carbonyl (C=O) groups is 2. The molecule has 2 N–H and O–H groups in total. The Balaban J connectivity index is 1.55. The number of likely N-dealkylation sites (tertiary alicyclic amines) is 1. The normalized spacial score (nSPS) is 16.1. The monoisotopic (exact) mass is 489 g/mol. The Bertz CT molecular complexity index is 950. The zero-order chi connectivity index (χ0) is 22.4. The first-order valence-electron chi connectivity index (χ1n) is 10.2. The number of benzene rings is 2. The smallest absolute Gasteiger partial charge is 0.243 e. The van der Waals surface area contributed by atoms with E-state index in [4.69, 9.17) is 9.47 Å². The number of ether oxygens (including phenoxy) is 2. The van der Waals surface area contributed by atoms with E-state index in [1.807, 2.05) is 43.3 Å². The SMILES string of the molecule is COc1ccc(C2CCCN2CC(=O)NCC(=O)Nc2ccc(Br)cc2C)c(OC)c1. The highest BCUT2D eigenvalue weighted by molar-refractivity contribution is 9.10. The highest BCUT2D eigenvalue weighted by Gasteiger charge is 2.30. The summed E-state index contributed by atoms with van der Waals surface area (Å²) in [5.41, 5.74) is 2.72. The lowest BCUT2D eigenvalue weighted by Gasteiger charge is -2.25. The second kappa shape index (κ2) is 10.6. The number of carbonyl (C=O) groups excluding carboxylic acids is 2. The molecule has 8 heteroatoms. The second-order valence-electron chi connectivity index (χ2n) is 7.52. The maximum absolute atomic E-state index is 12.5. The fourth-order valence-corrected chi connectivity index (χ4v) is 4.32. The first-order chi connectivity index (χ1) is 14.9. The van der Waals surface area contributed by atoms with Crippen LogP contribution in [0.25, 0.3) is 0 Å². The van der Waals surface area contributed by atoms with E-state index in [0.29, 0.717) is 0 Å². The summed E-state index contributed by atoms with van der Waals surface area (Å²) in [6.45, 7) is 2.89. The number of hydrogen-bond donors (Lipinski definition) is 2. The Morgan fingerprint density at radius 1 is 1.13 bits per heavy atom. The summed E-state index contributed by atoms with van der Waals surface area (Å²) in [4.78, 5) is 26.9. The van der Waals surface area contributed by atoms with Crippen LogP contribution in [0.4, 0.5) is 5.69 Å². The van der Waals surface area contributed by atoms with E-state index in [-0.39, 0.29) is 30.9 Å². The van der Waals surface area contributed by atoms with Crippen molar-refractivity contribution < 1.29 is 19.1 Å². The molecule has 0 aromatic heterocycles. The van der Waals surface area contributed by atoms with Gasteiger partial charge in [0.25, 0.3) is 0 Å². The predicted octanol–water partition coefficient (Wildman–Crippen LogP) is 3.67. The summed E-state index contributed by atoms with van der Waals surface area (Å²) in [6, 6.07) is 11.5. The van der Waals surface area contributed by atoms with E-state index < -0.39 is 0 Å². The van der Waals surface area contributed by atoms with Crippen LogP contribution in [-0.2, 0) is 9.59 Å². The van der Waals surface area contributed by atoms with Crippen LogP contribution in [0.3, 0.4) is 0 Å². The summed E-state index contributed by atoms with van der Waals surface area (Å²) in [5.74, 6) is 1.05. The van der Waals surface area contributed by atoms with Crippen molar-refractivity contribution in [3.8, 4) is 11.5 Å². The quantitative estimate of drug-likeness (QED) is 0.591. The molecule has 2 amide bonds. The molecule has 7 nitrogen and oxygen atoms in total. The zero-order valence-corrected chi connectivity index (χ0v) is 19.6. The van der Waals surface area contributed by atoms with E-state index in [0.717, 1.165) is 52.2 Å². The van der Waals surface area contributed by atoms with Crippen LogP contribution in [0.5, 0.6) is 11.5 Å². The minimum absolute atomic E-state index is 0.0707. The van der Waals surface area contributed by atoms with Crippen LogP contribution in [-0.4, -0.2) is 50.6 Å². The molecule has 2 aromatic rings. The fourth-order valence-electron chi connectivity index (χ4n) is 3.84. The van der Waals surface area contributed by atoms with Gasteiger partial charge in [-0.25, -0.2) is 0 Å². The van der Waals surface area contributed by atoms with Crippen LogP contribution in [0.15, 0.2) is 40.9 Å². The number of hydrogen-bond acceptors (Lipinski definition) is 5. The first kappa shape index (κ1) is 23.1. The van der Waals surface area contributed by atoms with Crippen molar-refractivity contribution in [1.82, 2.24) is 10.2 Å². The van der Waals surface area contributed by atoms with Gasteiger partial charge in [0.1, 0.15) is 11.5 Å². The van der Waals surface area contributed by atoms with Crippen molar-refractivity contribution >= 4 is 33.4 Å². The third-order valence-corrected chi connectivity index (χ3v) is 5.91. The van der Waals surface area contributed by atoms with Crippen molar-refractivity contribution in [2.24, 2.45) is 0 Å². The van der Waals surface area contributed by atoms with Crippen LogP contribution in [0.2, 0.25) is 0 Å². The number of nitrogens with zero attached hydrogens (tertiary/aromatic N) is 1. The molecule has 31 heavy (non-hydrogen) atoms. The van der Waals surface area contributed by atoms with Crippen molar-refractivity contribution in [3.05, 3.63) is 52.0 Å². The average molecular weight is 490 g/mol. The number of rotatable bonds is 8. The topological polar surface area (TPSA) is 79.9 Å². The molecule has 1 aliphatic rings. The van der Waals surface area contributed by atoms with Crippen molar-refractivity contribution in [1.29, 1.82) is 0 Å². The lowest BCUT2D eigenvalue weighted by molar-refractivity contribution is -0.125. The summed E-state index contributed by atoms with van der Waals surface area (Å²) >= 11 is 3.40. The highest BCUT2D eigenvalue weighted by Crippen LogP contribution is 2.38. The molecule has 1 heterocycles. The molecule has 1 aliphatic heterocycles. The van der Waals surface area contributed by atoms with Crippen LogP contribution < -0.4 is 20.1 Å². The van der Waals surface area contributed by atoms with Gasteiger partial charge in [-0.3, -0.25) is 14.5 Å². The molecule has 1 saturated heterocycles. The molecule has 0 radical (unpaired) electrons. The van der Waals surface area contributed by atoms with E-state index in [1.165, 1.54) is 0 Å². The number of halogens is 1. The molecule has 1 unspecified atom stereocenters. The third-order valence-electron chi connectivity index (χ3n) is 5.42. The maximum atomic E-state index is 12.5. The minimum atomic E-state index is -0.256. The van der Waals surface area contributed by atoms with Crippen LogP contribution >= 0.6 is 15.9 Å². The number of amides is 2. The van der Waals surface area contributed by atoms with Gasteiger partial charge < -0.3 is 20.1 Å². The summed E-state index contributed by atoms with van der Waals surface area (Å²) in [7, 11) is 3.25.